The third-order valence-corrected chi connectivity index (χ3v) is 6.16. The summed E-state index contributed by atoms with van der Waals surface area (Å²) in [4.78, 5) is 30.7. The Kier molecular flexibility index (Phi) is 7.37. The van der Waals surface area contributed by atoms with Crippen molar-refractivity contribution in [3.8, 4) is 5.75 Å². The SMILES string of the molecule is CC(C)NC(=O)N(CC(=O)N1CCc2sccc2[C@@H]1COc1ccccc1)C(C)C. The van der Waals surface area contributed by atoms with Crippen LogP contribution in [0.25, 0.3) is 0 Å². The molecule has 2 heterocycles. The number of ether oxygens (including phenoxy) is 1. The maximum atomic E-state index is 13.3. The number of nitrogens with one attached hydrogen (secondary N) is 1. The van der Waals surface area contributed by atoms with E-state index in [0.717, 1.165) is 17.7 Å². The number of rotatable bonds is 7. The van der Waals surface area contributed by atoms with Crippen LogP contribution < -0.4 is 10.1 Å². The van der Waals surface area contributed by atoms with E-state index in [2.05, 4.69) is 16.8 Å². The molecular formula is C23H31N3O3S. The average molecular weight is 430 g/mol. The van der Waals surface area contributed by atoms with Gasteiger partial charge in [0.15, 0.2) is 0 Å². The first-order valence-corrected chi connectivity index (χ1v) is 11.4. The fourth-order valence-electron chi connectivity index (χ4n) is 3.62. The minimum atomic E-state index is -0.210. The Labute approximate surface area is 182 Å². The van der Waals surface area contributed by atoms with Gasteiger partial charge in [-0.1, -0.05) is 18.2 Å². The van der Waals surface area contributed by atoms with Crippen molar-refractivity contribution in [3.05, 3.63) is 52.2 Å². The molecule has 0 saturated heterocycles. The highest BCUT2D eigenvalue weighted by Gasteiger charge is 2.34. The van der Waals surface area contributed by atoms with Crippen molar-refractivity contribution in [2.45, 2.75) is 52.2 Å². The van der Waals surface area contributed by atoms with Crippen LogP contribution in [0, 0.1) is 0 Å². The van der Waals surface area contributed by atoms with E-state index in [0.29, 0.717) is 13.2 Å². The molecule has 1 aliphatic heterocycles. The van der Waals surface area contributed by atoms with Crippen molar-refractivity contribution in [1.82, 2.24) is 15.1 Å². The summed E-state index contributed by atoms with van der Waals surface area (Å²) >= 11 is 1.73. The van der Waals surface area contributed by atoms with E-state index in [4.69, 9.17) is 4.74 Å². The van der Waals surface area contributed by atoms with Gasteiger partial charge in [0.25, 0.3) is 0 Å². The summed E-state index contributed by atoms with van der Waals surface area (Å²) in [7, 11) is 0. The largest absolute Gasteiger partial charge is 0.491 e. The highest BCUT2D eigenvalue weighted by molar-refractivity contribution is 7.10. The van der Waals surface area contributed by atoms with E-state index in [-0.39, 0.29) is 36.6 Å². The number of carbonyl (C=O) groups excluding carboxylic acids is 2. The van der Waals surface area contributed by atoms with Crippen LogP contribution in [0.15, 0.2) is 41.8 Å². The van der Waals surface area contributed by atoms with Crippen molar-refractivity contribution in [1.29, 1.82) is 0 Å². The van der Waals surface area contributed by atoms with Gasteiger partial charge in [-0.25, -0.2) is 4.79 Å². The number of carbonyl (C=O) groups is 2. The summed E-state index contributed by atoms with van der Waals surface area (Å²) in [5.74, 6) is 0.730. The Morgan fingerprint density at radius 2 is 1.93 bits per heavy atom. The fourth-order valence-corrected chi connectivity index (χ4v) is 4.55. The molecule has 3 rings (SSSR count). The van der Waals surface area contributed by atoms with E-state index >= 15 is 0 Å². The topological polar surface area (TPSA) is 61.9 Å². The lowest BCUT2D eigenvalue weighted by atomic mass is 10.0. The van der Waals surface area contributed by atoms with E-state index in [1.807, 2.05) is 62.9 Å². The number of fused-ring (bicyclic) bond motifs is 1. The van der Waals surface area contributed by atoms with E-state index in [9.17, 15) is 9.59 Å². The van der Waals surface area contributed by atoms with Crippen molar-refractivity contribution >= 4 is 23.3 Å². The van der Waals surface area contributed by atoms with E-state index in [1.54, 1.807) is 16.2 Å². The van der Waals surface area contributed by atoms with Crippen molar-refractivity contribution in [2.24, 2.45) is 0 Å². The smallest absolute Gasteiger partial charge is 0.318 e. The lowest BCUT2D eigenvalue weighted by Gasteiger charge is -2.37. The van der Waals surface area contributed by atoms with Gasteiger partial charge in [0.1, 0.15) is 18.9 Å². The average Bonchev–Trinajstić information content (AvgIpc) is 3.19. The van der Waals surface area contributed by atoms with Crippen LogP contribution in [-0.4, -0.2) is 53.5 Å². The molecule has 0 saturated carbocycles. The number of para-hydroxylation sites is 1. The van der Waals surface area contributed by atoms with Gasteiger partial charge in [-0.2, -0.15) is 0 Å². The Bertz CT molecular complexity index is 850. The first kappa shape index (κ1) is 22.2. The Morgan fingerprint density at radius 3 is 2.60 bits per heavy atom. The molecule has 0 bridgehead atoms. The van der Waals surface area contributed by atoms with Crippen LogP contribution >= 0.6 is 11.3 Å². The molecule has 1 aromatic heterocycles. The summed E-state index contributed by atoms with van der Waals surface area (Å²) < 4.78 is 6.02. The van der Waals surface area contributed by atoms with Crippen LogP contribution in [0.4, 0.5) is 4.79 Å². The summed E-state index contributed by atoms with van der Waals surface area (Å²) in [6.45, 7) is 8.76. The predicted octanol–water partition coefficient (Wildman–Crippen LogP) is 4.08. The summed E-state index contributed by atoms with van der Waals surface area (Å²) in [5.41, 5.74) is 1.15. The number of hydrogen-bond acceptors (Lipinski definition) is 4. The predicted molar refractivity (Wildman–Crippen MR) is 120 cm³/mol. The summed E-state index contributed by atoms with van der Waals surface area (Å²) in [6, 6.07) is 11.3. The molecule has 0 spiro atoms. The van der Waals surface area contributed by atoms with Gasteiger partial charge in [-0.3, -0.25) is 4.79 Å². The molecule has 0 aliphatic carbocycles. The van der Waals surface area contributed by atoms with Gasteiger partial charge >= 0.3 is 6.03 Å². The van der Waals surface area contributed by atoms with Crippen LogP contribution in [0.1, 0.15) is 44.2 Å². The molecule has 0 radical (unpaired) electrons. The number of thiophene rings is 1. The van der Waals surface area contributed by atoms with Crippen LogP contribution in [-0.2, 0) is 11.2 Å². The second-order valence-corrected chi connectivity index (χ2v) is 9.10. The van der Waals surface area contributed by atoms with Crippen molar-refractivity contribution < 1.29 is 14.3 Å². The monoisotopic (exact) mass is 429 g/mol. The zero-order chi connectivity index (χ0) is 21.7. The zero-order valence-corrected chi connectivity index (χ0v) is 18.9. The summed E-state index contributed by atoms with van der Waals surface area (Å²) in [5, 5.41) is 4.97. The maximum absolute atomic E-state index is 13.3. The third kappa shape index (κ3) is 5.33. The number of nitrogens with zero attached hydrogens (tertiary/aromatic N) is 2. The lowest BCUT2D eigenvalue weighted by Crippen LogP contribution is -2.52. The molecule has 0 fully saturated rings. The van der Waals surface area contributed by atoms with E-state index < -0.39 is 0 Å². The van der Waals surface area contributed by atoms with Crippen LogP contribution in [0.2, 0.25) is 0 Å². The standard InChI is InChI=1S/C23H31N3O3S/c1-16(2)24-23(28)26(17(3)4)14-22(27)25-12-10-21-19(11-13-30-21)20(25)15-29-18-8-6-5-7-9-18/h5-9,11,13,16-17,20H,10,12,14-15H2,1-4H3,(H,24,28)/t20-/m0/s1. The second-order valence-electron chi connectivity index (χ2n) is 8.10. The van der Waals surface area contributed by atoms with Gasteiger partial charge in [0.05, 0.1) is 6.04 Å². The van der Waals surface area contributed by atoms with Crippen LogP contribution in [0.5, 0.6) is 5.75 Å². The Hall–Kier alpha value is -2.54. The van der Waals surface area contributed by atoms with Gasteiger partial charge in [-0.15, -0.1) is 11.3 Å². The second kappa shape index (κ2) is 9.98. The molecule has 7 heteroatoms. The van der Waals surface area contributed by atoms with Gasteiger partial charge in [0.2, 0.25) is 5.91 Å². The van der Waals surface area contributed by atoms with Crippen molar-refractivity contribution in [3.63, 3.8) is 0 Å². The minimum Gasteiger partial charge on any atom is -0.491 e. The minimum absolute atomic E-state index is 0.0178. The molecule has 1 N–H and O–H groups in total. The zero-order valence-electron chi connectivity index (χ0n) is 18.1. The molecule has 2 aromatic rings. The number of benzene rings is 1. The number of urea groups is 1. The van der Waals surface area contributed by atoms with Crippen LogP contribution in [0.3, 0.4) is 0 Å². The molecule has 162 valence electrons. The quantitative estimate of drug-likeness (QED) is 0.721. The summed E-state index contributed by atoms with van der Waals surface area (Å²) in [6.07, 6.45) is 0.834. The molecule has 1 aromatic carbocycles. The molecule has 0 unspecified atom stereocenters. The lowest BCUT2D eigenvalue weighted by molar-refractivity contribution is -0.135. The molecule has 1 aliphatic rings. The van der Waals surface area contributed by atoms with Gasteiger partial charge < -0.3 is 19.9 Å². The van der Waals surface area contributed by atoms with Crippen molar-refractivity contribution in [2.75, 3.05) is 19.7 Å². The Morgan fingerprint density at radius 1 is 1.20 bits per heavy atom. The molecule has 3 amide bonds. The highest BCUT2D eigenvalue weighted by Crippen LogP contribution is 2.34. The first-order valence-electron chi connectivity index (χ1n) is 10.5. The van der Waals surface area contributed by atoms with Gasteiger partial charge in [-0.05, 0) is 63.3 Å². The molecule has 30 heavy (non-hydrogen) atoms. The Balaban J connectivity index is 1.75. The third-order valence-electron chi connectivity index (χ3n) is 5.17. The first-order chi connectivity index (χ1) is 14.4. The van der Waals surface area contributed by atoms with Gasteiger partial charge in [0, 0.05) is 23.5 Å². The number of amides is 3. The molecule has 1 atom stereocenters. The van der Waals surface area contributed by atoms with E-state index in [1.165, 1.54) is 4.88 Å². The number of hydrogen-bond donors (Lipinski definition) is 1. The highest BCUT2D eigenvalue weighted by atomic mass is 32.1. The fraction of sp³-hybridized carbons (Fsp3) is 0.478. The molecule has 6 nitrogen and oxygen atoms in total. The molecular weight excluding hydrogens is 398 g/mol. The maximum Gasteiger partial charge on any atom is 0.318 e. The normalized spacial score (nSPS) is 15.8.